The van der Waals surface area contributed by atoms with Crippen molar-refractivity contribution in [1.29, 1.82) is 0 Å². The molecule has 0 radical (unpaired) electrons. The van der Waals surface area contributed by atoms with E-state index in [0.717, 1.165) is 6.42 Å². The lowest BCUT2D eigenvalue weighted by atomic mass is 9.99. The molecule has 1 heteroatoms. The van der Waals surface area contributed by atoms with Gasteiger partial charge >= 0.3 is 0 Å². The zero-order valence-corrected chi connectivity index (χ0v) is 9.25. The van der Waals surface area contributed by atoms with Crippen LogP contribution in [0.25, 0.3) is 6.08 Å². The van der Waals surface area contributed by atoms with Crippen molar-refractivity contribution >= 4 is 6.08 Å². The highest BCUT2D eigenvalue weighted by atomic mass is 14.6. The SMILES string of the molecule is C/C=C\c1cc(C(N)CC)ccc1C. The largest absolute Gasteiger partial charge is 0.324 e. The van der Waals surface area contributed by atoms with E-state index < -0.39 is 0 Å². The van der Waals surface area contributed by atoms with Crippen molar-refractivity contribution in [3.8, 4) is 0 Å². The van der Waals surface area contributed by atoms with Gasteiger partial charge in [-0.15, -0.1) is 0 Å². The van der Waals surface area contributed by atoms with Crippen molar-refractivity contribution in [2.45, 2.75) is 33.2 Å². The quantitative estimate of drug-likeness (QED) is 0.774. The van der Waals surface area contributed by atoms with Gasteiger partial charge in [0, 0.05) is 6.04 Å². The van der Waals surface area contributed by atoms with E-state index in [1.807, 2.05) is 6.92 Å². The maximum absolute atomic E-state index is 5.99. The van der Waals surface area contributed by atoms with E-state index in [1.54, 1.807) is 0 Å². The van der Waals surface area contributed by atoms with Crippen LogP contribution in [0.2, 0.25) is 0 Å². The summed E-state index contributed by atoms with van der Waals surface area (Å²) in [7, 11) is 0. The lowest BCUT2D eigenvalue weighted by Gasteiger charge is -2.11. The van der Waals surface area contributed by atoms with Crippen molar-refractivity contribution in [3.63, 3.8) is 0 Å². The van der Waals surface area contributed by atoms with Crippen molar-refractivity contribution in [3.05, 3.63) is 41.0 Å². The Kier molecular flexibility index (Phi) is 3.90. The smallest absolute Gasteiger partial charge is 0.0292 e. The van der Waals surface area contributed by atoms with Gasteiger partial charge < -0.3 is 5.73 Å². The lowest BCUT2D eigenvalue weighted by molar-refractivity contribution is 0.698. The normalized spacial score (nSPS) is 13.4. The minimum absolute atomic E-state index is 0.166. The molecule has 0 amide bonds. The summed E-state index contributed by atoms with van der Waals surface area (Å²) in [6.45, 7) is 6.27. The fourth-order valence-electron chi connectivity index (χ4n) is 1.48. The monoisotopic (exact) mass is 189 g/mol. The highest BCUT2D eigenvalue weighted by molar-refractivity contribution is 5.54. The lowest BCUT2D eigenvalue weighted by Crippen LogP contribution is -2.08. The van der Waals surface area contributed by atoms with Crippen LogP contribution in [0.3, 0.4) is 0 Å². The van der Waals surface area contributed by atoms with Crippen molar-refractivity contribution in [1.82, 2.24) is 0 Å². The third kappa shape index (κ3) is 2.46. The molecule has 0 fully saturated rings. The van der Waals surface area contributed by atoms with E-state index in [4.69, 9.17) is 5.73 Å². The molecular formula is C13H19N. The standard InChI is InChI=1S/C13H19N/c1-4-6-11-9-12(13(14)5-2)8-7-10(11)3/h4,6-9,13H,5,14H2,1-3H3/b6-4-. The van der Waals surface area contributed by atoms with Gasteiger partial charge in [-0.1, -0.05) is 31.2 Å². The van der Waals surface area contributed by atoms with Gasteiger partial charge in [0.15, 0.2) is 0 Å². The Morgan fingerprint density at radius 1 is 1.43 bits per heavy atom. The number of benzene rings is 1. The molecule has 1 atom stereocenters. The molecule has 1 nitrogen and oxygen atoms in total. The predicted octanol–water partition coefficient (Wildman–Crippen LogP) is 3.44. The molecule has 76 valence electrons. The summed E-state index contributed by atoms with van der Waals surface area (Å²) in [5, 5.41) is 0. The first-order chi connectivity index (χ1) is 6.69. The van der Waals surface area contributed by atoms with Crippen LogP contribution in [-0.4, -0.2) is 0 Å². The minimum atomic E-state index is 0.166. The summed E-state index contributed by atoms with van der Waals surface area (Å²) in [5.74, 6) is 0. The van der Waals surface area contributed by atoms with Gasteiger partial charge in [-0.25, -0.2) is 0 Å². The first-order valence-corrected chi connectivity index (χ1v) is 5.17. The zero-order chi connectivity index (χ0) is 10.6. The highest BCUT2D eigenvalue weighted by Crippen LogP contribution is 2.19. The topological polar surface area (TPSA) is 26.0 Å². The molecule has 1 rings (SSSR count). The number of allylic oxidation sites excluding steroid dienone is 1. The van der Waals surface area contributed by atoms with Gasteiger partial charge in [-0.05, 0) is 43.0 Å². The Labute approximate surface area is 86.6 Å². The summed E-state index contributed by atoms with van der Waals surface area (Å²) in [6, 6.07) is 6.61. The van der Waals surface area contributed by atoms with Gasteiger partial charge in [0.1, 0.15) is 0 Å². The van der Waals surface area contributed by atoms with E-state index >= 15 is 0 Å². The second-order valence-corrected chi connectivity index (χ2v) is 3.63. The summed E-state index contributed by atoms with van der Waals surface area (Å²) in [5.41, 5.74) is 9.79. The zero-order valence-electron chi connectivity index (χ0n) is 9.25. The van der Waals surface area contributed by atoms with Crippen LogP contribution >= 0.6 is 0 Å². The molecule has 1 aromatic carbocycles. The molecule has 1 aromatic rings. The number of hydrogen-bond acceptors (Lipinski definition) is 1. The number of nitrogens with two attached hydrogens (primary N) is 1. The predicted molar refractivity (Wildman–Crippen MR) is 63.1 cm³/mol. The van der Waals surface area contributed by atoms with Crippen LogP contribution in [-0.2, 0) is 0 Å². The minimum Gasteiger partial charge on any atom is -0.324 e. The molecule has 0 heterocycles. The van der Waals surface area contributed by atoms with E-state index in [2.05, 4.69) is 44.2 Å². The maximum atomic E-state index is 5.99. The van der Waals surface area contributed by atoms with Gasteiger partial charge in [0.2, 0.25) is 0 Å². The molecule has 0 aliphatic carbocycles. The fraction of sp³-hybridized carbons (Fsp3) is 0.385. The fourth-order valence-corrected chi connectivity index (χ4v) is 1.48. The van der Waals surface area contributed by atoms with E-state index in [1.165, 1.54) is 16.7 Å². The number of aryl methyl sites for hydroxylation is 1. The molecule has 14 heavy (non-hydrogen) atoms. The average Bonchev–Trinajstić information content (AvgIpc) is 2.20. The molecule has 0 spiro atoms. The molecule has 0 aromatic heterocycles. The van der Waals surface area contributed by atoms with E-state index in [-0.39, 0.29) is 6.04 Å². The second-order valence-electron chi connectivity index (χ2n) is 3.63. The third-order valence-electron chi connectivity index (χ3n) is 2.52. The van der Waals surface area contributed by atoms with Crippen LogP contribution in [0.5, 0.6) is 0 Å². The Balaban J connectivity index is 3.06. The maximum Gasteiger partial charge on any atom is 0.0292 e. The first-order valence-electron chi connectivity index (χ1n) is 5.17. The molecule has 0 saturated heterocycles. The van der Waals surface area contributed by atoms with Crippen molar-refractivity contribution in [2.75, 3.05) is 0 Å². The molecule has 0 aliphatic rings. The number of hydrogen-bond donors (Lipinski definition) is 1. The van der Waals surface area contributed by atoms with Gasteiger partial charge in [-0.2, -0.15) is 0 Å². The highest BCUT2D eigenvalue weighted by Gasteiger charge is 2.04. The van der Waals surface area contributed by atoms with Crippen molar-refractivity contribution < 1.29 is 0 Å². The van der Waals surface area contributed by atoms with Crippen LogP contribution in [0, 0.1) is 6.92 Å². The van der Waals surface area contributed by atoms with Gasteiger partial charge in [-0.3, -0.25) is 0 Å². The Bertz CT molecular complexity index is 326. The van der Waals surface area contributed by atoms with Crippen molar-refractivity contribution in [2.24, 2.45) is 5.73 Å². The molecule has 0 saturated carbocycles. The summed E-state index contributed by atoms with van der Waals surface area (Å²) in [6.07, 6.45) is 5.17. The van der Waals surface area contributed by atoms with E-state index in [0.29, 0.717) is 0 Å². The third-order valence-corrected chi connectivity index (χ3v) is 2.52. The van der Waals surface area contributed by atoms with Gasteiger partial charge in [0.25, 0.3) is 0 Å². The molecule has 2 N–H and O–H groups in total. The average molecular weight is 189 g/mol. The molecule has 0 aliphatic heterocycles. The summed E-state index contributed by atoms with van der Waals surface area (Å²) < 4.78 is 0. The first kappa shape index (κ1) is 11.0. The summed E-state index contributed by atoms with van der Waals surface area (Å²) in [4.78, 5) is 0. The van der Waals surface area contributed by atoms with E-state index in [9.17, 15) is 0 Å². The van der Waals surface area contributed by atoms with Crippen LogP contribution < -0.4 is 5.73 Å². The Morgan fingerprint density at radius 2 is 2.14 bits per heavy atom. The Hall–Kier alpha value is -1.08. The second kappa shape index (κ2) is 4.97. The molecule has 0 bridgehead atoms. The van der Waals surface area contributed by atoms with Gasteiger partial charge in [0.05, 0.1) is 0 Å². The van der Waals surface area contributed by atoms with Crippen LogP contribution in [0.15, 0.2) is 24.3 Å². The van der Waals surface area contributed by atoms with Crippen LogP contribution in [0.1, 0.15) is 43.0 Å². The molecule has 1 unspecified atom stereocenters. The Morgan fingerprint density at radius 3 is 2.71 bits per heavy atom. The summed E-state index contributed by atoms with van der Waals surface area (Å²) >= 11 is 0. The van der Waals surface area contributed by atoms with Crippen LogP contribution in [0.4, 0.5) is 0 Å². The number of rotatable bonds is 3. The molecular weight excluding hydrogens is 170 g/mol.